The summed E-state index contributed by atoms with van der Waals surface area (Å²) < 4.78 is 0.977. The van der Waals surface area contributed by atoms with E-state index < -0.39 is 0 Å². The molecule has 0 aliphatic carbocycles. The number of benzene rings is 1. The van der Waals surface area contributed by atoms with E-state index in [2.05, 4.69) is 21.2 Å². The first kappa shape index (κ1) is 12.2. The molecule has 0 heterocycles. The SMILES string of the molecule is CCC(CC)C(=O)Nc1cccc(Br)c1. The van der Waals surface area contributed by atoms with Crippen LogP contribution in [0.25, 0.3) is 0 Å². The number of amides is 1. The first-order valence-electron chi connectivity index (χ1n) is 5.23. The van der Waals surface area contributed by atoms with Crippen LogP contribution in [0.15, 0.2) is 28.7 Å². The summed E-state index contributed by atoms with van der Waals surface area (Å²) in [6.45, 7) is 4.07. The van der Waals surface area contributed by atoms with Crippen LogP contribution in [0.5, 0.6) is 0 Å². The molecule has 0 aromatic heterocycles. The molecule has 0 unspecified atom stereocenters. The van der Waals surface area contributed by atoms with Crippen LogP contribution in [0.2, 0.25) is 0 Å². The predicted octanol–water partition coefficient (Wildman–Crippen LogP) is 3.82. The van der Waals surface area contributed by atoms with E-state index in [1.807, 2.05) is 38.1 Å². The normalized spacial score (nSPS) is 10.4. The predicted molar refractivity (Wildman–Crippen MR) is 66.8 cm³/mol. The van der Waals surface area contributed by atoms with Gasteiger partial charge in [-0.05, 0) is 31.0 Å². The molecule has 0 spiro atoms. The highest BCUT2D eigenvalue weighted by atomic mass is 79.9. The molecule has 0 fully saturated rings. The Morgan fingerprint density at radius 1 is 1.40 bits per heavy atom. The minimum absolute atomic E-state index is 0.109. The molecule has 0 saturated carbocycles. The molecule has 1 amide bonds. The maximum atomic E-state index is 11.8. The van der Waals surface area contributed by atoms with Gasteiger partial charge in [0.1, 0.15) is 0 Å². The fourth-order valence-corrected chi connectivity index (χ4v) is 1.87. The van der Waals surface area contributed by atoms with Crippen molar-refractivity contribution in [1.29, 1.82) is 0 Å². The lowest BCUT2D eigenvalue weighted by Crippen LogP contribution is -2.21. The highest BCUT2D eigenvalue weighted by Gasteiger charge is 2.13. The van der Waals surface area contributed by atoms with Gasteiger partial charge >= 0.3 is 0 Å². The van der Waals surface area contributed by atoms with Gasteiger partial charge in [-0.15, -0.1) is 0 Å². The van der Waals surface area contributed by atoms with E-state index in [4.69, 9.17) is 0 Å². The van der Waals surface area contributed by atoms with E-state index in [0.717, 1.165) is 23.0 Å². The number of hydrogen-bond acceptors (Lipinski definition) is 1. The molecule has 1 rings (SSSR count). The number of carbonyl (C=O) groups excluding carboxylic acids is 1. The number of rotatable bonds is 4. The molecule has 1 aromatic carbocycles. The van der Waals surface area contributed by atoms with Gasteiger partial charge in [-0.3, -0.25) is 4.79 Å². The monoisotopic (exact) mass is 269 g/mol. The van der Waals surface area contributed by atoms with Crippen molar-refractivity contribution in [3.8, 4) is 0 Å². The molecule has 0 aliphatic heterocycles. The number of halogens is 1. The fourth-order valence-electron chi connectivity index (χ4n) is 1.47. The van der Waals surface area contributed by atoms with Crippen molar-refractivity contribution >= 4 is 27.5 Å². The van der Waals surface area contributed by atoms with Crippen molar-refractivity contribution in [3.05, 3.63) is 28.7 Å². The Kier molecular flexibility index (Phi) is 4.82. The number of hydrogen-bond donors (Lipinski definition) is 1. The van der Waals surface area contributed by atoms with Gasteiger partial charge in [0, 0.05) is 16.1 Å². The second-order valence-corrected chi connectivity index (χ2v) is 4.43. The molecule has 3 heteroatoms. The van der Waals surface area contributed by atoms with E-state index in [0.29, 0.717) is 0 Å². The highest BCUT2D eigenvalue weighted by molar-refractivity contribution is 9.10. The van der Waals surface area contributed by atoms with Crippen LogP contribution >= 0.6 is 15.9 Å². The maximum absolute atomic E-state index is 11.8. The largest absolute Gasteiger partial charge is 0.326 e. The number of carbonyl (C=O) groups is 1. The average molecular weight is 270 g/mol. The van der Waals surface area contributed by atoms with Crippen LogP contribution in [0.3, 0.4) is 0 Å². The van der Waals surface area contributed by atoms with E-state index >= 15 is 0 Å². The summed E-state index contributed by atoms with van der Waals surface area (Å²) in [6.07, 6.45) is 1.77. The zero-order valence-electron chi connectivity index (χ0n) is 9.09. The molecular weight excluding hydrogens is 254 g/mol. The van der Waals surface area contributed by atoms with Gasteiger partial charge in [0.05, 0.1) is 0 Å². The maximum Gasteiger partial charge on any atom is 0.227 e. The first-order chi connectivity index (χ1) is 7.17. The van der Waals surface area contributed by atoms with Gasteiger partial charge in [0.2, 0.25) is 5.91 Å². The Morgan fingerprint density at radius 3 is 2.60 bits per heavy atom. The van der Waals surface area contributed by atoms with Gasteiger partial charge in [0.15, 0.2) is 0 Å². The Morgan fingerprint density at radius 2 is 2.07 bits per heavy atom. The second kappa shape index (κ2) is 5.91. The molecule has 0 aliphatic rings. The molecule has 15 heavy (non-hydrogen) atoms. The fraction of sp³-hybridized carbons (Fsp3) is 0.417. The molecular formula is C12H16BrNO. The third-order valence-corrected chi connectivity index (χ3v) is 2.94. The number of nitrogens with one attached hydrogen (secondary N) is 1. The average Bonchev–Trinajstić information content (AvgIpc) is 2.19. The van der Waals surface area contributed by atoms with Gasteiger partial charge < -0.3 is 5.32 Å². The first-order valence-corrected chi connectivity index (χ1v) is 6.03. The van der Waals surface area contributed by atoms with Crippen molar-refractivity contribution in [2.45, 2.75) is 26.7 Å². The van der Waals surface area contributed by atoms with Crippen molar-refractivity contribution < 1.29 is 4.79 Å². The quantitative estimate of drug-likeness (QED) is 0.885. The molecule has 1 N–H and O–H groups in total. The lowest BCUT2D eigenvalue weighted by molar-refractivity contribution is -0.120. The van der Waals surface area contributed by atoms with Crippen molar-refractivity contribution in [2.24, 2.45) is 5.92 Å². The zero-order chi connectivity index (χ0) is 11.3. The van der Waals surface area contributed by atoms with Gasteiger partial charge in [-0.25, -0.2) is 0 Å². The van der Waals surface area contributed by atoms with Crippen LogP contribution in [-0.2, 0) is 4.79 Å². The van der Waals surface area contributed by atoms with Gasteiger partial charge in [0.25, 0.3) is 0 Å². The molecule has 82 valence electrons. The summed E-state index contributed by atoms with van der Waals surface area (Å²) in [5.41, 5.74) is 0.848. The lowest BCUT2D eigenvalue weighted by atomic mass is 10.0. The van der Waals surface area contributed by atoms with E-state index in [9.17, 15) is 4.79 Å². The standard InChI is InChI=1S/C12H16BrNO/c1-3-9(4-2)12(15)14-11-7-5-6-10(13)8-11/h5-9H,3-4H2,1-2H3,(H,14,15). The van der Waals surface area contributed by atoms with Crippen molar-refractivity contribution in [1.82, 2.24) is 0 Å². The van der Waals surface area contributed by atoms with Crippen LogP contribution in [-0.4, -0.2) is 5.91 Å². The Balaban J connectivity index is 2.65. The molecule has 0 bridgehead atoms. The smallest absolute Gasteiger partial charge is 0.227 e. The molecule has 0 atom stereocenters. The highest BCUT2D eigenvalue weighted by Crippen LogP contribution is 2.17. The van der Waals surface area contributed by atoms with Crippen molar-refractivity contribution in [2.75, 3.05) is 5.32 Å². The van der Waals surface area contributed by atoms with Crippen LogP contribution in [0.1, 0.15) is 26.7 Å². The molecule has 0 saturated heterocycles. The van der Waals surface area contributed by atoms with E-state index in [1.54, 1.807) is 0 Å². The summed E-state index contributed by atoms with van der Waals surface area (Å²) in [7, 11) is 0. The van der Waals surface area contributed by atoms with E-state index in [-0.39, 0.29) is 11.8 Å². The van der Waals surface area contributed by atoms with Crippen LogP contribution in [0.4, 0.5) is 5.69 Å². The zero-order valence-corrected chi connectivity index (χ0v) is 10.7. The Bertz CT molecular complexity index is 334. The third kappa shape index (κ3) is 3.67. The summed E-state index contributed by atoms with van der Waals surface area (Å²) in [6, 6.07) is 7.64. The Hall–Kier alpha value is -0.830. The summed E-state index contributed by atoms with van der Waals surface area (Å²) in [5, 5.41) is 2.92. The minimum Gasteiger partial charge on any atom is -0.326 e. The Labute approximate surface area is 99.2 Å². The van der Waals surface area contributed by atoms with Gasteiger partial charge in [-0.1, -0.05) is 35.8 Å². The third-order valence-electron chi connectivity index (χ3n) is 2.45. The molecule has 0 radical (unpaired) electrons. The van der Waals surface area contributed by atoms with E-state index in [1.165, 1.54) is 0 Å². The lowest BCUT2D eigenvalue weighted by Gasteiger charge is -2.12. The van der Waals surface area contributed by atoms with Crippen molar-refractivity contribution in [3.63, 3.8) is 0 Å². The summed E-state index contributed by atoms with van der Waals surface area (Å²) in [5.74, 6) is 0.224. The minimum atomic E-state index is 0.109. The summed E-state index contributed by atoms with van der Waals surface area (Å²) >= 11 is 3.37. The number of anilines is 1. The topological polar surface area (TPSA) is 29.1 Å². The van der Waals surface area contributed by atoms with Crippen LogP contribution in [0, 0.1) is 5.92 Å². The van der Waals surface area contributed by atoms with Crippen LogP contribution < -0.4 is 5.32 Å². The molecule has 2 nitrogen and oxygen atoms in total. The molecule has 1 aromatic rings. The van der Waals surface area contributed by atoms with Gasteiger partial charge in [-0.2, -0.15) is 0 Å². The summed E-state index contributed by atoms with van der Waals surface area (Å²) in [4.78, 5) is 11.8. The second-order valence-electron chi connectivity index (χ2n) is 3.51.